The van der Waals surface area contributed by atoms with Crippen molar-refractivity contribution in [1.82, 2.24) is 15.2 Å². The van der Waals surface area contributed by atoms with Gasteiger partial charge >= 0.3 is 0 Å². The molecule has 0 N–H and O–H groups in total. The van der Waals surface area contributed by atoms with Crippen LogP contribution in [0.2, 0.25) is 0 Å². The van der Waals surface area contributed by atoms with E-state index in [4.69, 9.17) is 4.74 Å². The Morgan fingerprint density at radius 3 is 2.55 bits per heavy atom. The number of benzene rings is 1. The molecule has 8 heteroatoms. The van der Waals surface area contributed by atoms with E-state index in [9.17, 15) is 9.18 Å². The number of carbonyl (C=O) groups excluding carboxylic acids is 1. The van der Waals surface area contributed by atoms with E-state index in [2.05, 4.69) is 15.2 Å². The molecule has 0 atom stereocenters. The predicted octanol–water partition coefficient (Wildman–Crippen LogP) is 4.81. The highest BCUT2D eigenvalue weighted by Crippen LogP contribution is 2.34. The van der Waals surface area contributed by atoms with Gasteiger partial charge in [-0.05, 0) is 55.7 Å². The van der Waals surface area contributed by atoms with Gasteiger partial charge in [-0.25, -0.2) is 4.98 Å². The van der Waals surface area contributed by atoms with Gasteiger partial charge in [0.05, 0.1) is 7.11 Å². The zero-order valence-corrected chi connectivity index (χ0v) is 17.7. The van der Waals surface area contributed by atoms with Gasteiger partial charge in [0.2, 0.25) is 11.1 Å². The van der Waals surface area contributed by atoms with Gasteiger partial charge in [-0.2, -0.15) is 4.39 Å². The summed E-state index contributed by atoms with van der Waals surface area (Å²) in [4.78, 5) is 18.2. The highest BCUT2D eigenvalue weighted by atomic mass is 32.1. The zero-order valence-electron chi connectivity index (χ0n) is 16.9. The number of rotatable bonds is 7. The molecule has 3 aromatic rings. The third-order valence-electron chi connectivity index (χ3n) is 4.47. The van der Waals surface area contributed by atoms with Crippen LogP contribution in [-0.4, -0.2) is 34.7 Å². The maximum atomic E-state index is 13.5. The van der Waals surface area contributed by atoms with Crippen molar-refractivity contribution < 1.29 is 13.9 Å². The number of aryl methyl sites for hydroxylation is 2. The Morgan fingerprint density at radius 2 is 1.93 bits per heavy atom. The highest BCUT2D eigenvalue weighted by molar-refractivity contribution is 7.18. The molecule has 1 aromatic carbocycles. The molecule has 0 aliphatic rings. The number of hydrogen-bond donors (Lipinski definition) is 0. The van der Waals surface area contributed by atoms with Gasteiger partial charge < -0.3 is 4.74 Å². The highest BCUT2D eigenvalue weighted by Gasteiger charge is 2.23. The van der Waals surface area contributed by atoms with E-state index >= 15 is 0 Å². The van der Waals surface area contributed by atoms with Crippen LogP contribution >= 0.6 is 11.3 Å². The van der Waals surface area contributed by atoms with Crippen LogP contribution in [0.15, 0.2) is 30.3 Å². The lowest BCUT2D eigenvalue weighted by Gasteiger charge is -2.18. The van der Waals surface area contributed by atoms with E-state index in [1.165, 1.54) is 34.4 Å². The second-order valence-corrected chi connectivity index (χ2v) is 7.64. The van der Waals surface area contributed by atoms with Crippen LogP contribution in [0, 0.1) is 19.8 Å². The van der Waals surface area contributed by atoms with Gasteiger partial charge in [-0.15, -0.1) is 10.2 Å². The molecular formula is C21H23FN4O2S. The number of amides is 1. The molecule has 0 fully saturated rings. The molecule has 0 saturated carbocycles. The van der Waals surface area contributed by atoms with Crippen LogP contribution in [0.25, 0.3) is 10.6 Å². The first-order chi connectivity index (χ1) is 13.9. The van der Waals surface area contributed by atoms with Crippen molar-refractivity contribution in [3.05, 3.63) is 53.1 Å². The molecule has 0 radical (unpaired) electrons. The van der Waals surface area contributed by atoms with Crippen LogP contribution < -0.4 is 9.64 Å². The molecule has 6 nitrogen and oxygen atoms in total. The number of halogens is 1. The van der Waals surface area contributed by atoms with E-state index in [-0.39, 0.29) is 11.6 Å². The maximum absolute atomic E-state index is 13.5. The molecule has 29 heavy (non-hydrogen) atoms. The Hall–Kier alpha value is -2.87. The number of hydrogen-bond acceptors (Lipinski definition) is 6. The lowest BCUT2D eigenvalue weighted by atomic mass is 10.1. The molecule has 0 bridgehead atoms. The quantitative estimate of drug-likeness (QED) is 0.519. The van der Waals surface area contributed by atoms with Crippen molar-refractivity contribution in [2.45, 2.75) is 33.6 Å². The van der Waals surface area contributed by atoms with Crippen LogP contribution in [-0.2, 0) is 0 Å². The van der Waals surface area contributed by atoms with E-state index in [0.29, 0.717) is 16.7 Å². The molecule has 0 saturated heterocycles. The minimum atomic E-state index is -0.687. The molecule has 3 rings (SSSR count). The van der Waals surface area contributed by atoms with Crippen LogP contribution in [0.1, 0.15) is 41.4 Å². The fourth-order valence-corrected chi connectivity index (χ4v) is 3.96. The lowest BCUT2D eigenvalue weighted by Crippen LogP contribution is -2.32. The topological polar surface area (TPSA) is 68.2 Å². The van der Waals surface area contributed by atoms with Crippen molar-refractivity contribution in [1.29, 1.82) is 0 Å². The van der Waals surface area contributed by atoms with Crippen molar-refractivity contribution in [3.63, 3.8) is 0 Å². The normalized spacial score (nSPS) is 10.8. The number of aromatic nitrogens is 3. The molecule has 1 amide bonds. The van der Waals surface area contributed by atoms with E-state index in [0.717, 1.165) is 35.3 Å². The van der Waals surface area contributed by atoms with Crippen molar-refractivity contribution in [2.75, 3.05) is 18.6 Å². The number of anilines is 1. The van der Waals surface area contributed by atoms with Crippen molar-refractivity contribution in [3.8, 4) is 16.3 Å². The summed E-state index contributed by atoms with van der Waals surface area (Å²) in [6, 6.07) is 8.17. The van der Waals surface area contributed by atoms with E-state index < -0.39 is 5.95 Å². The average Bonchev–Trinajstić information content (AvgIpc) is 3.18. The minimum absolute atomic E-state index is 0.0500. The number of nitrogens with zero attached hydrogens (tertiary/aromatic N) is 4. The van der Waals surface area contributed by atoms with E-state index in [1.54, 1.807) is 7.11 Å². The minimum Gasteiger partial charge on any atom is -0.496 e. The van der Waals surface area contributed by atoms with Gasteiger partial charge in [0.1, 0.15) is 16.5 Å². The first-order valence-electron chi connectivity index (χ1n) is 9.38. The Kier molecular flexibility index (Phi) is 6.53. The standard InChI is InChI=1S/C21H23FN4O2S/c1-5-6-10-26(20(27)16-8-7-9-17(22)23-16)21-25-24-19(29-21)15-11-13(2)18(28-4)14(3)12-15/h7-9,11-12H,5-6,10H2,1-4H3. The van der Waals surface area contributed by atoms with Crippen LogP contribution in [0.3, 0.4) is 0 Å². The second kappa shape index (κ2) is 9.09. The lowest BCUT2D eigenvalue weighted by molar-refractivity contribution is 0.0980. The fraction of sp³-hybridized carbons (Fsp3) is 0.333. The Labute approximate surface area is 173 Å². The summed E-state index contributed by atoms with van der Waals surface area (Å²) in [5.41, 5.74) is 2.97. The van der Waals surface area contributed by atoms with Gasteiger partial charge in [0, 0.05) is 12.1 Å². The summed E-state index contributed by atoms with van der Waals surface area (Å²) in [5, 5.41) is 9.70. The molecular weight excluding hydrogens is 391 g/mol. The molecule has 0 unspecified atom stereocenters. The van der Waals surface area contributed by atoms with Gasteiger partial charge in [-0.1, -0.05) is 30.7 Å². The third-order valence-corrected chi connectivity index (χ3v) is 5.47. The SMILES string of the molecule is CCCCN(C(=O)c1cccc(F)n1)c1nnc(-c2cc(C)c(OC)c(C)c2)s1. The Morgan fingerprint density at radius 1 is 1.21 bits per heavy atom. The average molecular weight is 415 g/mol. The number of unbranched alkanes of at least 4 members (excludes halogenated alkanes) is 1. The maximum Gasteiger partial charge on any atom is 0.278 e. The van der Waals surface area contributed by atoms with Crippen molar-refractivity contribution >= 4 is 22.4 Å². The Balaban J connectivity index is 1.95. The molecule has 0 spiro atoms. The van der Waals surface area contributed by atoms with Crippen LogP contribution in [0.4, 0.5) is 9.52 Å². The number of carbonyl (C=O) groups is 1. The van der Waals surface area contributed by atoms with E-state index in [1.807, 2.05) is 32.9 Å². The number of pyridine rings is 1. The molecule has 0 aliphatic carbocycles. The largest absolute Gasteiger partial charge is 0.496 e. The summed E-state index contributed by atoms with van der Waals surface area (Å²) >= 11 is 1.32. The Bertz CT molecular complexity index is 998. The first-order valence-corrected chi connectivity index (χ1v) is 10.2. The summed E-state index contributed by atoms with van der Waals surface area (Å²) in [6.45, 7) is 6.45. The summed E-state index contributed by atoms with van der Waals surface area (Å²) in [7, 11) is 1.65. The second-order valence-electron chi connectivity index (χ2n) is 6.69. The summed E-state index contributed by atoms with van der Waals surface area (Å²) in [5.74, 6) is -0.230. The molecule has 0 aliphatic heterocycles. The first kappa shape index (κ1) is 20.9. The summed E-state index contributed by atoms with van der Waals surface area (Å²) in [6.07, 6.45) is 1.69. The summed E-state index contributed by atoms with van der Waals surface area (Å²) < 4.78 is 18.9. The van der Waals surface area contributed by atoms with Gasteiger partial charge in [-0.3, -0.25) is 9.69 Å². The fourth-order valence-electron chi connectivity index (χ4n) is 3.10. The zero-order chi connectivity index (χ0) is 21.0. The molecule has 152 valence electrons. The molecule has 2 aromatic heterocycles. The van der Waals surface area contributed by atoms with Gasteiger partial charge in [0.15, 0.2) is 0 Å². The van der Waals surface area contributed by atoms with Crippen LogP contribution in [0.5, 0.6) is 5.75 Å². The predicted molar refractivity (Wildman–Crippen MR) is 112 cm³/mol. The smallest absolute Gasteiger partial charge is 0.278 e. The number of methoxy groups -OCH3 is 1. The van der Waals surface area contributed by atoms with Crippen molar-refractivity contribution in [2.24, 2.45) is 0 Å². The molecule has 2 heterocycles. The van der Waals surface area contributed by atoms with Gasteiger partial charge in [0.25, 0.3) is 5.91 Å². The number of ether oxygens (including phenoxy) is 1. The third kappa shape index (κ3) is 4.59. The monoisotopic (exact) mass is 414 g/mol.